The van der Waals surface area contributed by atoms with Gasteiger partial charge in [0, 0.05) is 23.7 Å². The molecule has 0 spiro atoms. The third-order valence-electron chi connectivity index (χ3n) is 2.93. The highest BCUT2D eigenvalue weighted by Gasteiger charge is 2.04. The molecule has 1 amide bonds. The number of rotatable bonds is 5. The topological polar surface area (TPSA) is 68.9 Å². The molecule has 4 nitrogen and oxygen atoms in total. The SMILES string of the molecule is CC(C)Cc1ccc2cc(CCC(N)=O)cnc2n1. The summed E-state index contributed by atoms with van der Waals surface area (Å²) in [5, 5.41) is 1.01. The number of carbonyl (C=O) groups is 1. The molecule has 2 N–H and O–H groups in total. The Morgan fingerprint density at radius 1 is 1.37 bits per heavy atom. The van der Waals surface area contributed by atoms with Crippen molar-refractivity contribution in [3.63, 3.8) is 0 Å². The second kappa shape index (κ2) is 5.78. The van der Waals surface area contributed by atoms with Crippen LogP contribution < -0.4 is 5.73 Å². The largest absolute Gasteiger partial charge is 0.370 e. The van der Waals surface area contributed by atoms with Crippen LogP contribution >= 0.6 is 0 Å². The van der Waals surface area contributed by atoms with Gasteiger partial charge < -0.3 is 5.73 Å². The molecule has 0 aliphatic carbocycles. The van der Waals surface area contributed by atoms with E-state index in [0.717, 1.165) is 28.7 Å². The van der Waals surface area contributed by atoms with Crippen molar-refractivity contribution in [1.29, 1.82) is 0 Å². The lowest BCUT2D eigenvalue weighted by molar-refractivity contribution is -0.117. The fourth-order valence-electron chi connectivity index (χ4n) is 2.03. The number of fused-ring (bicyclic) bond motifs is 1. The summed E-state index contributed by atoms with van der Waals surface area (Å²) in [5.74, 6) is 0.297. The molecule has 0 saturated carbocycles. The third kappa shape index (κ3) is 3.74. The Morgan fingerprint density at radius 3 is 2.84 bits per heavy atom. The first-order valence-corrected chi connectivity index (χ1v) is 6.57. The van der Waals surface area contributed by atoms with Crippen molar-refractivity contribution in [2.75, 3.05) is 0 Å². The number of nitrogens with two attached hydrogens (primary N) is 1. The maximum Gasteiger partial charge on any atom is 0.217 e. The minimum absolute atomic E-state index is 0.287. The standard InChI is InChI=1S/C15H19N3O/c1-10(2)7-13-5-4-12-8-11(3-6-14(16)19)9-17-15(12)18-13/h4-5,8-10H,3,6-7H2,1-2H3,(H2,16,19). The number of carbonyl (C=O) groups excluding carboxylic acids is 1. The lowest BCUT2D eigenvalue weighted by Crippen LogP contribution is -2.11. The Labute approximate surface area is 113 Å². The molecule has 0 fully saturated rings. The van der Waals surface area contributed by atoms with E-state index in [4.69, 9.17) is 5.73 Å². The van der Waals surface area contributed by atoms with E-state index in [0.29, 0.717) is 18.8 Å². The zero-order valence-corrected chi connectivity index (χ0v) is 11.4. The summed E-state index contributed by atoms with van der Waals surface area (Å²) in [6.45, 7) is 4.35. The van der Waals surface area contributed by atoms with Gasteiger partial charge in [-0.2, -0.15) is 0 Å². The number of primary amides is 1. The van der Waals surface area contributed by atoms with Crippen molar-refractivity contribution >= 4 is 16.9 Å². The molecule has 0 aliphatic rings. The van der Waals surface area contributed by atoms with Gasteiger partial charge in [-0.25, -0.2) is 9.97 Å². The Balaban J connectivity index is 2.22. The van der Waals surface area contributed by atoms with Crippen molar-refractivity contribution in [1.82, 2.24) is 9.97 Å². The minimum Gasteiger partial charge on any atom is -0.370 e. The van der Waals surface area contributed by atoms with Gasteiger partial charge in [0.2, 0.25) is 5.91 Å². The first kappa shape index (κ1) is 13.5. The number of aryl methyl sites for hydroxylation is 1. The quantitative estimate of drug-likeness (QED) is 0.893. The summed E-state index contributed by atoms with van der Waals surface area (Å²) < 4.78 is 0. The Bertz CT molecular complexity index is 593. The second-order valence-corrected chi connectivity index (χ2v) is 5.26. The number of hydrogen-bond donors (Lipinski definition) is 1. The number of pyridine rings is 2. The van der Waals surface area contributed by atoms with Crippen molar-refractivity contribution in [2.45, 2.75) is 33.1 Å². The van der Waals surface area contributed by atoms with E-state index in [2.05, 4.69) is 23.8 Å². The van der Waals surface area contributed by atoms with Gasteiger partial charge in [0.25, 0.3) is 0 Å². The van der Waals surface area contributed by atoms with Gasteiger partial charge in [0.15, 0.2) is 5.65 Å². The molecule has 2 aromatic heterocycles. The molecule has 0 aromatic carbocycles. The van der Waals surface area contributed by atoms with E-state index < -0.39 is 0 Å². The van der Waals surface area contributed by atoms with Gasteiger partial charge in [-0.15, -0.1) is 0 Å². The summed E-state index contributed by atoms with van der Waals surface area (Å²) in [4.78, 5) is 19.7. The predicted octanol–water partition coefficient (Wildman–Crippen LogP) is 2.25. The molecular formula is C15H19N3O. The van der Waals surface area contributed by atoms with Crippen LogP contribution in [-0.2, 0) is 17.6 Å². The average Bonchev–Trinajstić information content (AvgIpc) is 2.35. The lowest BCUT2D eigenvalue weighted by atomic mass is 10.1. The second-order valence-electron chi connectivity index (χ2n) is 5.26. The number of amides is 1. The summed E-state index contributed by atoms with van der Waals surface area (Å²) in [6.07, 6.45) is 3.72. The molecule has 0 aliphatic heterocycles. The van der Waals surface area contributed by atoms with Crippen molar-refractivity contribution in [3.8, 4) is 0 Å². The zero-order valence-electron chi connectivity index (χ0n) is 11.4. The van der Waals surface area contributed by atoms with E-state index in [1.165, 1.54) is 0 Å². The van der Waals surface area contributed by atoms with Crippen LogP contribution in [0.1, 0.15) is 31.5 Å². The molecule has 0 bridgehead atoms. The Hall–Kier alpha value is -1.97. The van der Waals surface area contributed by atoms with E-state index in [1.807, 2.05) is 18.2 Å². The highest BCUT2D eigenvalue weighted by molar-refractivity contribution is 5.76. The molecule has 2 heterocycles. The van der Waals surface area contributed by atoms with E-state index in [1.54, 1.807) is 6.20 Å². The van der Waals surface area contributed by atoms with Gasteiger partial charge in [0.1, 0.15) is 0 Å². The molecule has 2 aromatic rings. The van der Waals surface area contributed by atoms with Gasteiger partial charge in [-0.3, -0.25) is 4.79 Å². The van der Waals surface area contributed by atoms with Crippen LogP contribution in [0.2, 0.25) is 0 Å². The summed E-state index contributed by atoms with van der Waals surface area (Å²) in [6, 6.07) is 6.11. The summed E-state index contributed by atoms with van der Waals surface area (Å²) in [5.41, 5.74) is 8.00. The van der Waals surface area contributed by atoms with Gasteiger partial charge >= 0.3 is 0 Å². The van der Waals surface area contributed by atoms with Gasteiger partial charge in [-0.1, -0.05) is 13.8 Å². The maximum absolute atomic E-state index is 10.8. The molecule has 0 saturated heterocycles. The van der Waals surface area contributed by atoms with Crippen LogP contribution in [0.4, 0.5) is 0 Å². The lowest BCUT2D eigenvalue weighted by Gasteiger charge is -2.06. The minimum atomic E-state index is -0.287. The highest BCUT2D eigenvalue weighted by Crippen LogP contribution is 2.15. The number of nitrogens with zero attached hydrogens (tertiary/aromatic N) is 2. The Morgan fingerprint density at radius 2 is 2.16 bits per heavy atom. The van der Waals surface area contributed by atoms with Gasteiger partial charge in [-0.05, 0) is 42.5 Å². The summed E-state index contributed by atoms with van der Waals surface area (Å²) in [7, 11) is 0. The normalized spacial score (nSPS) is 11.1. The van der Waals surface area contributed by atoms with E-state index >= 15 is 0 Å². The zero-order chi connectivity index (χ0) is 13.8. The van der Waals surface area contributed by atoms with Gasteiger partial charge in [0.05, 0.1) is 0 Å². The molecular weight excluding hydrogens is 238 g/mol. The van der Waals surface area contributed by atoms with Crippen LogP contribution in [0.3, 0.4) is 0 Å². The molecule has 0 atom stereocenters. The number of aromatic nitrogens is 2. The molecule has 100 valence electrons. The molecule has 19 heavy (non-hydrogen) atoms. The fourth-order valence-corrected chi connectivity index (χ4v) is 2.03. The average molecular weight is 257 g/mol. The van der Waals surface area contributed by atoms with Crippen LogP contribution in [0.25, 0.3) is 11.0 Å². The van der Waals surface area contributed by atoms with Crippen LogP contribution in [0.5, 0.6) is 0 Å². The Kier molecular flexibility index (Phi) is 4.10. The van der Waals surface area contributed by atoms with Crippen molar-refractivity contribution in [2.24, 2.45) is 11.7 Å². The smallest absolute Gasteiger partial charge is 0.217 e. The van der Waals surface area contributed by atoms with Crippen molar-refractivity contribution < 1.29 is 4.79 Å². The van der Waals surface area contributed by atoms with Crippen molar-refractivity contribution in [3.05, 3.63) is 35.7 Å². The van der Waals surface area contributed by atoms with Crippen LogP contribution in [-0.4, -0.2) is 15.9 Å². The highest BCUT2D eigenvalue weighted by atomic mass is 16.1. The predicted molar refractivity (Wildman–Crippen MR) is 75.6 cm³/mol. The van der Waals surface area contributed by atoms with E-state index in [9.17, 15) is 4.79 Å². The fraction of sp³-hybridized carbons (Fsp3) is 0.400. The molecule has 0 radical (unpaired) electrons. The maximum atomic E-state index is 10.8. The molecule has 4 heteroatoms. The first-order valence-electron chi connectivity index (χ1n) is 6.57. The molecule has 0 unspecified atom stereocenters. The summed E-state index contributed by atoms with van der Waals surface area (Å²) >= 11 is 0. The number of hydrogen-bond acceptors (Lipinski definition) is 3. The third-order valence-corrected chi connectivity index (χ3v) is 2.93. The van der Waals surface area contributed by atoms with Crippen LogP contribution in [0, 0.1) is 5.92 Å². The molecule has 2 rings (SSSR count). The van der Waals surface area contributed by atoms with E-state index in [-0.39, 0.29) is 5.91 Å². The monoisotopic (exact) mass is 257 g/mol. The van der Waals surface area contributed by atoms with Crippen LogP contribution in [0.15, 0.2) is 24.4 Å². The first-order chi connectivity index (χ1) is 9.04.